The zero-order valence-electron chi connectivity index (χ0n) is 12.8. The molecule has 3 atom stereocenters. The van der Waals surface area contributed by atoms with Crippen LogP contribution in [0.5, 0.6) is 0 Å². The summed E-state index contributed by atoms with van der Waals surface area (Å²) in [4.78, 5) is 2.36. The van der Waals surface area contributed by atoms with Gasteiger partial charge in [0.2, 0.25) is 0 Å². The lowest BCUT2D eigenvalue weighted by atomic mass is 9.83. The normalized spacial score (nSPS) is 28.7. The maximum absolute atomic E-state index is 3.39. The summed E-state index contributed by atoms with van der Waals surface area (Å²) < 4.78 is 0. The van der Waals surface area contributed by atoms with E-state index in [2.05, 4.69) is 38.3 Å². The molecule has 2 nitrogen and oxygen atoms in total. The van der Waals surface area contributed by atoms with E-state index in [-0.39, 0.29) is 0 Å². The van der Waals surface area contributed by atoms with E-state index in [1.807, 2.05) is 27.7 Å². The predicted molar refractivity (Wildman–Crippen MR) is 76.0 cm³/mol. The Kier molecular flexibility index (Phi) is 13.0. The molecule has 0 aromatic heterocycles. The van der Waals surface area contributed by atoms with Crippen LogP contribution < -0.4 is 5.32 Å². The van der Waals surface area contributed by atoms with E-state index in [9.17, 15) is 0 Å². The highest BCUT2D eigenvalue weighted by Crippen LogP contribution is 2.26. The van der Waals surface area contributed by atoms with Gasteiger partial charge in [-0.3, -0.25) is 0 Å². The van der Waals surface area contributed by atoms with Crippen LogP contribution in [0.25, 0.3) is 0 Å². The first-order valence-electron chi connectivity index (χ1n) is 6.97. The Morgan fingerprint density at radius 2 is 1.44 bits per heavy atom. The van der Waals surface area contributed by atoms with Crippen molar-refractivity contribution in [3.05, 3.63) is 0 Å². The van der Waals surface area contributed by atoms with Gasteiger partial charge in [0.25, 0.3) is 0 Å². The average Bonchev–Trinajstić information content (AvgIpc) is 2.33. The third-order valence-corrected chi connectivity index (χ3v) is 3.06. The lowest BCUT2D eigenvalue weighted by molar-refractivity contribution is 0.166. The Balaban J connectivity index is 0. The molecule has 1 fully saturated rings. The van der Waals surface area contributed by atoms with E-state index in [4.69, 9.17) is 0 Å². The van der Waals surface area contributed by atoms with Crippen LogP contribution in [0.2, 0.25) is 0 Å². The molecule has 0 aromatic carbocycles. The second-order valence-electron chi connectivity index (χ2n) is 4.42. The van der Waals surface area contributed by atoms with E-state index in [1.165, 1.54) is 19.3 Å². The number of nitrogens with one attached hydrogen (secondary N) is 1. The molecule has 0 aromatic rings. The van der Waals surface area contributed by atoms with E-state index < -0.39 is 0 Å². The Bertz CT molecular complexity index is 135. The van der Waals surface area contributed by atoms with Crippen LogP contribution in [0.3, 0.4) is 0 Å². The summed E-state index contributed by atoms with van der Waals surface area (Å²) in [6, 6.07) is 1.52. The number of hydrogen-bond acceptors (Lipinski definition) is 2. The topological polar surface area (TPSA) is 15.3 Å². The molecule has 0 amide bonds. The smallest absolute Gasteiger partial charge is 0.0106 e. The van der Waals surface area contributed by atoms with Gasteiger partial charge in [-0.25, -0.2) is 0 Å². The third kappa shape index (κ3) is 7.24. The minimum atomic E-state index is 0.737. The molecule has 2 heteroatoms. The molecule has 1 aliphatic carbocycles. The molecule has 0 saturated heterocycles. The molecule has 1 saturated carbocycles. The first-order valence-corrected chi connectivity index (χ1v) is 6.97. The molecule has 100 valence electrons. The lowest BCUT2D eigenvalue weighted by Gasteiger charge is -2.36. The fraction of sp³-hybridized carbons (Fsp3) is 1.00. The molecule has 0 spiro atoms. The summed E-state index contributed by atoms with van der Waals surface area (Å²) in [5.41, 5.74) is 0. The Morgan fingerprint density at radius 3 is 1.81 bits per heavy atom. The van der Waals surface area contributed by atoms with Gasteiger partial charge in [-0.15, -0.1) is 0 Å². The van der Waals surface area contributed by atoms with Gasteiger partial charge in [0.1, 0.15) is 0 Å². The summed E-state index contributed by atoms with van der Waals surface area (Å²) in [5, 5.41) is 3.39. The highest BCUT2D eigenvalue weighted by molar-refractivity contribution is 4.84. The van der Waals surface area contributed by atoms with E-state index in [1.54, 1.807) is 0 Å². The Labute approximate surface area is 104 Å². The van der Waals surface area contributed by atoms with Gasteiger partial charge in [0.05, 0.1) is 0 Å². The molecule has 0 radical (unpaired) electrons. The molecular weight excluding hydrogens is 196 g/mol. The second-order valence-corrected chi connectivity index (χ2v) is 4.42. The SMILES string of the molecule is CC.CC.CN[C@@H]1C[C@H](C)C[C@H](N(C)C)C1. The van der Waals surface area contributed by atoms with E-state index >= 15 is 0 Å². The van der Waals surface area contributed by atoms with Crippen LogP contribution in [-0.2, 0) is 0 Å². The quantitative estimate of drug-likeness (QED) is 0.782. The fourth-order valence-electron chi connectivity index (χ4n) is 2.22. The van der Waals surface area contributed by atoms with E-state index in [0.29, 0.717) is 0 Å². The van der Waals surface area contributed by atoms with Gasteiger partial charge in [-0.2, -0.15) is 0 Å². The summed E-state index contributed by atoms with van der Waals surface area (Å²) in [6.45, 7) is 10.4. The molecule has 0 bridgehead atoms. The van der Waals surface area contributed by atoms with Gasteiger partial charge in [0.15, 0.2) is 0 Å². The third-order valence-electron chi connectivity index (χ3n) is 3.06. The molecule has 1 rings (SSSR count). The predicted octanol–water partition coefficient (Wildman–Crippen LogP) is 3.38. The van der Waals surface area contributed by atoms with Crippen LogP contribution in [0, 0.1) is 5.92 Å². The van der Waals surface area contributed by atoms with Crippen LogP contribution in [0.4, 0.5) is 0 Å². The van der Waals surface area contributed by atoms with Crippen molar-refractivity contribution in [3.63, 3.8) is 0 Å². The summed E-state index contributed by atoms with van der Waals surface area (Å²) in [5.74, 6) is 0.878. The van der Waals surface area contributed by atoms with Crippen LogP contribution in [0.1, 0.15) is 53.9 Å². The maximum atomic E-state index is 3.39. The first-order chi connectivity index (χ1) is 7.63. The van der Waals surface area contributed by atoms with Crippen molar-refractivity contribution in [2.24, 2.45) is 5.92 Å². The lowest BCUT2D eigenvalue weighted by Crippen LogP contribution is -2.42. The van der Waals surface area contributed by atoms with Crippen molar-refractivity contribution in [1.29, 1.82) is 0 Å². The summed E-state index contributed by atoms with van der Waals surface area (Å²) >= 11 is 0. The molecule has 1 aliphatic rings. The van der Waals surface area contributed by atoms with Gasteiger partial charge >= 0.3 is 0 Å². The molecule has 0 heterocycles. The number of hydrogen-bond donors (Lipinski definition) is 1. The zero-order chi connectivity index (χ0) is 13.1. The minimum absolute atomic E-state index is 0.737. The van der Waals surface area contributed by atoms with Crippen molar-refractivity contribution < 1.29 is 0 Å². The summed E-state index contributed by atoms with van der Waals surface area (Å²) in [6.07, 6.45) is 4.03. The van der Waals surface area contributed by atoms with Crippen molar-refractivity contribution >= 4 is 0 Å². The monoisotopic (exact) mass is 230 g/mol. The van der Waals surface area contributed by atoms with Crippen molar-refractivity contribution in [1.82, 2.24) is 10.2 Å². The van der Waals surface area contributed by atoms with Crippen molar-refractivity contribution in [2.45, 2.75) is 66.0 Å². The van der Waals surface area contributed by atoms with Crippen LogP contribution >= 0.6 is 0 Å². The van der Waals surface area contributed by atoms with E-state index in [0.717, 1.165) is 18.0 Å². The number of rotatable bonds is 2. The highest BCUT2D eigenvalue weighted by Gasteiger charge is 2.26. The standard InChI is InChI=1S/C10H22N2.2C2H6/c1-8-5-9(11-2)7-10(6-8)12(3)4;2*1-2/h8-11H,5-7H2,1-4H3;2*1-2H3/t8-,9+,10-;;/m0../s1. The van der Waals surface area contributed by atoms with Crippen LogP contribution in [0.15, 0.2) is 0 Å². The van der Waals surface area contributed by atoms with Crippen molar-refractivity contribution in [3.8, 4) is 0 Å². The van der Waals surface area contributed by atoms with Crippen LogP contribution in [-0.4, -0.2) is 38.1 Å². The van der Waals surface area contributed by atoms with Gasteiger partial charge in [-0.05, 0) is 46.3 Å². The largest absolute Gasteiger partial charge is 0.317 e. The van der Waals surface area contributed by atoms with Gasteiger partial charge in [0, 0.05) is 12.1 Å². The molecule has 1 N–H and O–H groups in total. The van der Waals surface area contributed by atoms with Gasteiger partial charge < -0.3 is 10.2 Å². The van der Waals surface area contributed by atoms with Gasteiger partial charge in [-0.1, -0.05) is 34.6 Å². The molecule has 0 aliphatic heterocycles. The minimum Gasteiger partial charge on any atom is -0.317 e. The maximum Gasteiger partial charge on any atom is 0.0106 e. The Morgan fingerprint density at radius 1 is 0.938 bits per heavy atom. The molecular formula is C14H34N2. The zero-order valence-corrected chi connectivity index (χ0v) is 12.8. The first kappa shape index (κ1) is 18.3. The van der Waals surface area contributed by atoms with Crippen molar-refractivity contribution in [2.75, 3.05) is 21.1 Å². The fourth-order valence-corrected chi connectivity index (χ4v) is 2.22. The second kappa shape index (κ2) is 11.4. The molecule has 0 unspecified atom stereocenters. The summed E-state index contributed by atoms with van der Waals surface area (Å²) in [7, 11) is 6.46. The Hall–Kier alpha value is -0.0800. The molecule has 16 heavy (non-hydrogen) atoms. The average molecular weight is 230 g/mol. The number of nitrogens with zero attached hydrogens (tertiary/aromatic N) is 1. The highest BCUT2D eigenvalue weighted by atomic mass is 15.1.